The van der Waals surface area contributed by atoms with E-state index < -0.39 is 15.8 Å². The molecule has 0 aliphatic rings. The molecule has 0 aliphatic carbocycles. The van der Waals surface area contributed by atoms with Crippen molar-refractivity contribution in [3.63, 3.8) is 0 Å². The largest absolute Gasteiger partial charge is 0.398 e. The first-order chi connectivity index (χ1) is 9.70. The molecule has 8 heteroatoms. The molecule has 3 N–H and O–H groups in total. The minimum absolute atomic E-state index is 0.0263. The molecule has 0 aromatic heterocycles. The number of nitrogens with one attached hydrogen (secondary N) is 1. The SMILES string of the molecule is Cc1cc(F)c(Br)cc1NS(=O)(=O)c1ccc(N)c(Cl)c1. The molecule has 0 fully saturated rings. The van der Waals surface area contributed by atoms with Gasteiger partial charge < -0.3 is 5.73 Å². The Labute approximate surface area is 135 Å². The first-order valence-corrected chi connectivity index (χ1v) is 8.39. The van der Waals surface area contributed by atoms with E-state index >= 15 is 0 Å². The molecule has 2 aromatic rings. The van der Waals surface area contributed by atoms with Crippen LogP contribution >= 0.6 is 27.5 Å². The molecule has 0 spiro atoms. The standard InChI is InChI=1S/C13H11BrClFN2O2S/c1-7-4-11(16)9(14)6-13(7)18-21(19,20)8-2-3-12(17)10(15)5-8/h2-6,18H,17H2,1H3. The Hall–Kier alpha value is -1.31. The van der Waals surface area contributed by atoms with Crippen LogP contribution in [0.25, 0.3) is 0 Å². The van der Waals surface area contributed by atoms with Gasteiger partial charge in [0.25, 0.3) is 10.0 Å². The number of hydrogen-bond acceptors (Lipinski definition) is 3. The minimum Gasteiger partial charge on any atom is -0.398 e. The van der Waals surface area contributed by atoms with Crippen LogP contribution in [0.15, 0.2) is 39.7 Å². The summed E-state index contributed by atoms with van der Waals surface area (Å²) in [4.78, 5) is -0.0263. The summed E-state index contributed by atoms with van der Waals surface area (Å²) in [6.45, 7) is 1.60. The highest BCUT2D eigenvalue weighted by Crippen LogP contribution is 2.28. The lowest BCUT2D eigenvalue weighted by Crippen LogP contribution is -2.14. The Bertz CT molecular complexity index is 812. The number of nitrogens with two attached hydrogens (primary N) is 1. The zero-order valence-electron chi connectivity index (χ0n) is 10.8. The van der Waals surface area contributed by atoms with Gasteiger partial charge in [0.2, 0.25) is 0 Å². The normalized spacial score (nSPS) is 11.4. The molecular weight excluding hydrogens is 383 g/mol. The molecule has 2 aromatic carbocycles. The van der Waals surface area contributed by atoms with Crippen molar-refractivity contribution in [1.29, 1.82) is 0 Å². The summed E-state index contributed by atoms with van der Waals surface area (Å²) in [7, 11) is -3.84. The van der Waals surface area contributed by atoms with Gasteiger partial charge in [0.1, 0.15) is 5.82 Å². The lowest BCUT2D eigenvalue weighted by molar-refractivity contribution is 0.600. The van der Waals surface area contributed by atoms with Gasteiger partial charge in [0.15, 0.2) is 0 Å². The van der Waals surface area contributed by atoms with Crippen molar-refractivity contribution in [3.05, 3.63) is 51.2 Å². The predicted octanol–water partition coefficient (Wildman–Crippen LogP) is 3.93. The number of rotatable bonds is 3. The van der Waals surface area contributed by atoms with Crippen LogP contribution < -0.4 is 10.5 Å². The third-order valence-electron chi connectivity index (χ3n) is 2.79. The van der Waals surface area contributed by atoms with Crippen LogP contribution in [-0.2, 0) is 10.0 Å². The number of nitrogen functional groups attached to an aromatic ring is 1. The third-order valence-corrected chi connectivity index (χ3v) is 5.09. The maximum Gasteiger partial charge on any atom is 0.261 e. The molecule has 112 valence electrons. The molecule has 0 atom stereocenters. The second kappa shape index (κ2) is 5.82. The smallest absolute Gasteiger partial charge is 0.261 e. The lowest BCUT2D eigenvalue weighted by atomic mass is 10.2. The van der Waals surface area contributed by atoms with Crippen molar-refractivity contribution in [2.45, 2.75) is 11.8 Å². The van der Waals surface area contributed by atoms with Crippen LogP contribution in [0.5, 0.6) is 0 Å². The number of hydrogen-bond donors (Lipinski definition) is 2. The van der Waals surface area contributed by atoms with E-state index in [1.165, 1.54) is 30.3 Å². The van der Waals surface area contributed by atoms with E-state index in [0.29, 0.717) is 5.56 Å². The highest BCUT2D eigenvalue weighted by molar-refractivity contribution is 9.10. The topological polar surface area (TPSA) is 72.2 Å². The third kappa shape index (κ3) is 3.48. The van der Waals surface area contributed by atoms with Crippen molar-refractivity contribution in [3.8, 4) is 0 Å². The van der Waals surface area contributed by atoms with Crippen molar-refractivity contribution in [2.75, 3.05) is 10.5 Å². The van der Waals surface area contributed by atoms with E-state index in [2.05, 4.69) is 20.7 Å². The Morgan fingerprint density at radius 2 is 1.95 bits per heavy atom. The number of halogens is 3. The van der Waals surface area contributed by atoms with Crippen molar-refractivity contribution < 1.29 is 12.8 Å². The molecule has 0 amide bonds. The van der Waals surface area contributed by atoms with Crippen LogP contribution in [0.3, 0.4) is 0 Å². The van der Waals surface area contributed by atoms with Crippen LogP contribution in [0.1, 0.15) is 5.56 Å². The minimum atomic E-state index is -3.84. The fourth-order valence-electron chi connectivity index (χ4n) is 1.63. The van der Waals surface area contributed by atoms with Gasteiger partial charge in [-0.05, 0) is 58.7 Å². The molecule has 0 unspecified atom stereocenters. The molecule has 0 radical (unpaired) electrons. The summed E-state index contributed by atoms with van der Waals surface area (Å²) < 4.78 is 40.5. The monoisotopic (exact) mass is 392 g/mol. The van der Waals surface area contributed by atoms with E-state index in [9.17, 15) is 12.8 Å². The molecule has 0 saturated heterocycles. The zero-order valence-corrected chi connectivity index (χ0v) is 14.0. The van der Waals surface area contributed by atoms with Gasteiger partial charge in [0.05, 0.1) is 25.8 Å². The highest BCUT2D eigenvalue weighted by atomic mass is 79.9. The summed E-state index contributed by atoms with van der Waals surface area (Å²) >= 11 is 8.84. The van der Waals surface area contributed by atoms with Gasteiger partial charge in [-0.25, -0.2) is 12.8 Å². The molecule has 0 saturated carbocycles. The van der Waals surface area contributed by atoms with Gasteiger partial charge in [-0.1, -0.05) is 11.6 Å². The second-order valence-electron chi connectivity index (χ2n) is 4.37. The molecule has 0 heterocycles. The molecule has 0 bridgehead atoms. The lowest BCUT2D eigenvalue weighted by Gasteiger charge is -2.12. The summed E-state index contributed by atoms with van der Waals surface area (Å²) in [5.74, 6) is -0.467. The summed E-state index contributed by atoms with van der Waals surface area (Å²) in [6, 6.07) is 6.61. The first kappa shape index (κ1) is 16.1. The van der Waals surface area contributed by atoms with Crippen molar-refractivity contribution in [1.82, 2.24) is 0 Å². The van der Waals surface area contributed by atoms with E-state index in [1.54, 1.807) is 6.92 Å². The van der Waals surface area contributed by atoms with Crippen LogP contribution in [-0.4, -0.2) is 8.42 Å². The van der Waals surface area contributed by atoms with Gasteiger partial charge >= 0.3 is 0 Å². The second-order valence-corrected chi connectivity index (χ2v) is 7.31. The summed E-state index contributed by atoms with van der Waals surface area (Å²) in [5.41, 5.74) is 6.57. The van der Waals surface area contributed by atoms with Crippen LogP contribution in [0.2, 0.25) is 5.02 Å². The van der Waals surface area contributed by atoms with Gasteiger partial charge in [-0.3, -0.25) is 4.72 Å². The first-order valence-electron chi connectivity index (χ1n) is 5.74. The quantitative estimate of drug-likeness (QED) is 0.776. The van der Waals surface area contributed by atoms with E-state index in [4.69, 9.17) is 17.3 Å². The van der Waals surface area contributed by atoms with Crippen molar-refractivity contribution >= 4 is 48.9 Å². The van der Waals surface area contributed by atoms with E-state index in [1.807, 2.05) is 0 Å². The van der Waals surface area contributed by atoms with Gasteiger partial charge in [0, 0.05) is 0 Å². The number of benzene rings is 2. The van der Waals surface area contributed by atoms with Gasteiger partial charge in [-0.15, -0.1) is 0 Å². The maximum atomic E-state index is 13.4. The fourth-order valence-corrected chi connectivity index (χ4v) is 3.37. The van der Waals surface area contributed by atoms with E-state index in [0.717, 1.165) is 0 Å². The average molecular weight is 394 g/mol. The Morgan fingerprint density at radius 3 is 2.57 bits per heavy atom. The predicted molar refractivity (Wildman–Crippen MR) is 85.5 cm³/mol. The molecule has 2 rings (SSSR count). The molecule has 4 nitrogen and oxygen atoms in total. The molecule has 21 heavy (non-hydrogen) atoms. The average Bonchev–Trinajstić information content (AvgIpc) is 2.39. The number of sulfonamides is 1. The van der Waals surface area contributed by atoms with Crippen LogP contribution in [0.4, 0.5) is 15.8 Å². The molecule has 0 aliphatic heterocycles. The fraction of sp³-hybridized carbons (Fsp3) is 0.0769. The summed E-state index contributed by atoms with van der Waals surface area (Å²) in [5, 5.41) is 0.148. The number of aryl methyl sites for hydroxylation is 1. The van der Waals surface area contributed by atoms with Crippen molar-refractivity contribution in [2.24, 2.45) is 0 Å². The highest BCUT2D eigenvalue weighted by Gasteiger charge is 2.17. The summed E-state index contributed by atoms with van der Waals surface area (Å²) in [6.07, 6.45) is 0. The Kier molecular flexibility index (Phi) is 4.46. The van der Waals surface area contributed by atoms with Gasteiger partial charge in [-0.2, -0.15) is 0 Å². The molecular formula is C13H11BrClFN2O2S. The van der Waals surface area contributed by atoms with Crippen LogP contribution in [0, 0.1) is 12.7 Å². The Morgan fingerprint density at radius 1 is 1.29 bits per heavy atom. The Balaban J connectivity index is 2.42. The number of anilines is 2. The van der Waals surface area contributed by atoms with E-state index in [-0.39, 0.29) is 25.8 Å². The maximum absolute atomic E-state index is 13.4. The zero-order chi connectivity index (χ0) is 15.8.